The van der Waals surface area contributed by atoms with Crippen molar-refractivity contribution >= 4 is 21.7 Å². The van der Waals surface area contributed by atoms with Gasteiger partial charge >= 0.3 is 5.63 Å². The molecule has 0 fully saturated rings. The van der Waals surface area contributed by atoms with Gasteiger partial charge in [0, 0.05) is 5.39 Å². The molecule has 0 N–H and O–H groups in total. The number of methoxy groups -OCH3 is 1. The van der Waals surface area contributed by atoms with Crippen LogP contribution in [0.25, 0.3) is 21.7 Å². The van der Waals surface area contributed by atoms with Gasteiger partial charge in [-0.15, -0.1) is 0 Å². The summed E-state index contributed by atoms with van der Waals surface area (Å²) in [4.78, 5) is 11.8. The molecule has 0 radical (unpaired) electrons. The Bertz CT molecular complexity index is 756. The zero-order chi connectivity index (χ0) is 11.8. The van der Waals surface area contributed by atoms with Crippen molar-refractivity contribution in [1.29, 1.82) is 0 Å². The van der Waals surface area contributed by atoms with Gasteiger partial charge in [0.15, 0.2) is 0 Å². The van der Waals surface area contributed by atoms with E-state index in [4.69, 9.17) is 9.15 Å². The molecule has 17 heavy (non-hydrogen) atoms. The Balaban J connectivity index is 2.65. The largest absolute Gasteiger partial charge is 0.496 e. The van der Waals surface area contributed by atoms with Gasteiger partial charge in [-0.3, -0.25) is 0 Å². The van der Waals surface area contributed by atoms with Crippen molar-refractivity contribution in [2.75, 3.05) is 7.11 Å². The molecule has 0 spiro atoms. The average molecular weight is 226 g/mol. The smallest absolute Gasteiger partial charge is 0.344 e. The summed E-state index contributed by atoms with van der Waals surface area (Å²) < 4.78 is 10.6. The Hall–Kier alpha value is -2.29. The van der Waals surface area contributed by atoms with Crippen molar-refractivity contribution in [1.82, 2.24) is 0 Å². The molecular formula is C14H10O3. The molecule has 0 aliphatic rings. The monoisotopic (exact) mass is 226 g/mol. The normalized spacial score (nSPS) is 10.9. The minimum atomic E-state index is -0.318. The van der Waals surface area contributed by atoms with Crippen molar-refractivity contribution in [2.45, 2.75) is 0 Å². The second-order valence-corrected chi connectivity index (χ2v) is 3.77. The summed E-state index contributed by atoms with van der Waals surface area (Å²) in [6.45, 7) is 0. The highest BCUT2D eigenvalue weighted by Crippen LogP contribution is 2.30. The maximum Gasteiger partial charge on any atom is 0.344 e. The third-order valence-corrected chi connectivity index (χ3v) is 2.83. The predicted molar refractivity (Wildman–Crippen MR) is 66.5 cm³/mol. The molecule has 0 unspecified atom stereocenters. The molecule has 3 aromatic rings. The highest BCUT2D eigenvalue weighted by Gasteiger charge is 2.10. The Kier molecular flexibility index (Phi) is 2.11. The molecule has 1 aromatic heterocycles. The Labute approximate surface area is 97.2 Å². The first-order valence-electron chi connectivity index (χ1n) is 5.30. The second-order valence-electron chi connectivity index (χ2n) is 3.77. The Morgan fingerprint density at radius 2 is 1.76 bits per heavy atom. The molecule has 3 heteroatoms. The highest BCUT2D eigenvalue weighted by atomic mass is 16.5. The van der Waals surface area contributed by atoms with E-state index >= 15 is 0 Å². The van der Waals surface area contributed by atoms with Crippen LogP contribution in [0.5, 0.6) is 5.75 Å². The van der Waals surface area contributed by atoms with Crippen molar-refractivity contribution < 1.29 is 9.15 Å². The van der Waals surface area contributed by atoms with Crippen LogP contribution in [0.3, 0.4) is 0 Å². The van der Waals surface area contributed by atoms with Crippen LogP contribution in [0.15, 0.2) is 51.7 Å². The molecule has 0 aliphatic carbocycles. The fourth-order valence-electron chi connectivity index (χ4n) is 2.07. The predicted octanol–water partition coefficient (Wildman–Crippen LogP) is 2.95. The van der Waals surface area contributed by atoms with Crippen LogP contribution in [-0.4, -0.2) is 7.11 Å². The molecule has 0 amide bonds. The van der Waals surface area contributed by atoms with Gasteiger partial charge < -0.3 is 9.15 Å². The Morgan fingerprint density at radius 1 is 1.00 bits per heavy atom. The first kappa shape index (κ1) is 9.90. The van der Waals surface area contributed by atoms with Crippen LogP contribution in [0, 0.1) is 0 Å². The van der Waals surface area contributed by atoms with Gasteiger partial charge in [0.2, 0.25) is 0 Å². The number of rotatable bonds is 1. The van der Waals surface area contributed by atoms with E-state index in [0.717, 1.165) is 10.8 Å². The molecule has 0 saturated heterocycles. The summed E-state index contributed by atoms with van der Waals surface area (Å²) in [5.74, 6) is 0.711. The fraction of sp³-hybridized carbons (Fsp3) is 0.0714. The topological polar surface area (TPSA) is 39.4 Å². The lowest BCUT2D eigenvalue weighted by molar-refractivity contribution is 0.419. The average Bonchev–Trinajstić information content (AvgIpc) is 2.38. The number of hydrogen-bond acceptors (Lipinski definition) is 3. The van der Waals surface area contributed by atoms with Gasteiger partial charge in [-0.2, -0.15) is 0 Å². The van der Waals surface area contributed by atoms with Crippen LogP contribution in [0.2, 0.25) is 0 Å². The van der Waals surface area contributed by atoms with E-state index in [1.54, 1.807) is 25.3 Å². The summed E-state index contributed by atoms with van der Waals surface area (Å²) in [5.41, 5.74) is 0.231. The van der Waals surface area contributed by atoms with Crippen LogP contribution in [-0.2, 0) is 0 Å². The minimum Gasteiger partial charge on any atom is -0.496 e. The van der Waals surface area contributed by atoms with Crippen LogP contribution in [0.4, 0.5) is 0 Å². The van der Waals surface area contributed by atoms with Crippen molar-refractivity contribution in [3.05, 3.63) is 52.9 Å². The van der Waals surface area contributed by atoms with E-state index in [1.165, 1.54) is 0 Å². The standard InChI is InChI=1S/C14H10O3/c1-16-11-7-4-8-12-13(11)9-5-2-3-6-10(9)14(15)17-12/h2-8H,1H3. The SMILES string of the molecule is COc1cccc2oc(=O)c3ccccc3c12. The van der Waals surface area contributed by atoms with Crippen molar-refractivity contribution in [3.63, 3.8) is 0 Å². The van der Waals surface area contributed by atoms with E-state index in [0.29, 0.717) is 16.7 Å². The number of benzene rings is 2. The van der Waals surface area contributed by atoms with Gasteiger partial charge in [-0.25, -0.2) is 4.79 Å². The first-order valence-corrected chi connectivity index (χ1v) is 5.30. The minimum absolute atomic E-state index is 0.318. The molecule has 0 atom stereocenters. The van der Waals surface area contributed by atoms with Crippen molar-refractivity contribution in [3.8, 4) is 5.75 Å². The molecule has 0 bridgehead atoms. The summed E-state index contributed by atoms with van der Waals surface area (Å²) in [6.07, 6.45) is 0. The van der Waals surface area contributed by atoms with Crippen LogP contribution in [0.1, 0.15) is 0 Å². The third kappa shape index (κ3) is 1.40. The van der Waals surface area contributed by atoms with E-state index in [2.05, 4.69) is 0 Å². The van der Waals surface area contributed by atoms with Crippen LogP contribution >= 0.6 is 0 Å². The summed E-state index contributed by atoms with van der Waals surface area (Å²) in [7, 11) is 1.61. The number of hydrogen-bond donors (Lipinski definition) is 0. The maximum absolute atomic E-state index is 11.8. The Morgan fingerprint density at radius 3 is 2.53 bits per heavy atom. The summed E-state index contributed by atoms with van der Waals surface area (Å²) >= 11 is 0. The highest BCUT2D eigenvalue weighted by molar-refractivity contribution is 6.07. The molecule has 1 heterocycles. The molecule has 3 rings (SSSR count). The van der Waals surface area contributed by atoms with E-state index in [-0.39, 0.29) is 5.63 Å². The molecule has 84 valence electrons. The zero-order valence-electron chi connectivity index (χ0n) is 9.27. The van der Waals surface area contributed by atoms with Gasteiger partial charge in [0.05, 0.1) is 17.9 Å². The van der Waals surface area contributed by atoms with E-state index < -0.39 is 0 Å². The van der Waals surface area contributed by atoms with E-state index in [9.17, 15) is 4.79 Å². The van der Waals surface area contributed by atoms with Gasteiger partial charge in [0.25, 0.3) is 0 Å². The molecule has 2 aromatic carbocycles. The van der Waals surface area contributed by atoms with Crippen molar-refractivity contribution in [2.24, 2.45) is 0 Å². The molecule has 3 nitrogen and oxygen atoms in total. The maximum atomic E-state index is 11.8. The second kappa shape index (κ2) is 3.63. The zero-order valence-corrected chi connectivity index (χ0v) is 9.27. The van der Waals surface area contributed by atoms with E-state index in [1.807, 2.05) is 24.3 Å². The quantitative estimate of drug-likeness (QED) is 0.473. The lowest BCUT2D eigenvalue weighted by Crippen LogP contribution is -2.00. The summed E-state index contributed by atoms with van der Waals surface area (Å²) in [5, 5.41) is 2.27. The van der Waals surface area contributed by atoms with Gasteiger partial charge in [0.1, 0.15) is 11.3 Å². The summed E-state index contributed by atoms with van der Waals surface area (Å²) in [6, 6.07) is 12.8. The van der Waals surface area contributed by atoms with Crippen LogP contribution < -0.4 is 10.4 Å². The third-order valence-electron chi connectivity index (χ3n) is 2.83. The van der Waals surface area contributed by atoms with Gasteiger partial charge in [-0.05, 0) is 18.2 Å². The van der Waals surface area contributed by atoms with Gasteiger partial charge in [-0.1, -0.05) is 24.3 Å². The number of fused-ring (bicyclic) bond motifs is 3. The molecule has 0 aliphatic heterocycles. The first-order chi connectivity index (χ1) is 8.31. The molecular weight excluding hydrogens is 216 g/mol. The number of ether oxygens (including phenoxy) is 1. The fourth-order valence-corrected chi connectivity index (χ4v) is 2.07. The lowest BCUT2D eigenvalue weighted by Gasteiger charge is -2.06. The molecule has 0 saturated carbocycles. The lowest BCUT2D eigenvalue weighted by atomic mass is 10.1.